The zero-order chi connectivity index (χ0) is 91.2. The fraction of sp³-hybridized carbons (Fsp3) is 0.337. The Labute approximate surface area is 761 Å². The number of rotatable bonds is 14. The maximum Gasteiger partial charge on any atom is 0.271 e. The van der Waals surface area contributed by atoms with Gasteiger partial charge in [0.05, 0.1) is 7.57 Å². The number of carbonyl (C=O) groups excluding carboxylic acids is 13. The molecule has 3 amide bonds. The number of nitrogens with zero attached hydrogens (tertiary/aromatic N) is 10. The molecule has 0 atom stereocenters. The minimum atomic E-state index is -4.01. The summed E-state index contributed by atoms with van der Waals surface area (Å²) in [5.41, 5.74) is 5.10. The van der Waals surface area contributed by atoms with Crippen molar-refractivity contribution >= 4 is 150 Å². The van der Waals surface area contributed by atoms with E-state index in [1.54, 1.807) is 160 Å². The van der Waals surface area contributed by atoms with E-state index in [1.807, 2.05) is 33.7 Å². The number of amides is 3. The van der Waals surface area contributed by atoms with Gasteiger partial charge in [0.1, 0.15) is 65.4 Å². The molecule has 7 aromatic rings. The highest BCUT2D eigenvalue weighted by Gasteiger charge is 2.45. The SMILES string of the molecule is CC(=O)N(C)C1=C(N2CCCCC2)C(=O)c2ccccc2C1=O.CC(=O)N(C)C1=C(N2CCCCC2)C(=O)c2ccccc2C1=O.CC(=O)N(C)C1=C(N2CCN(C)CC2)C(=O)c2ccccc2C1=O.CN1CCN(C2=C(NS(=O)(=O)c3ccc(Br)s3)C(=O)c3ccccc3C2=O)CC1.O=C1C(NS(=O)(=O)c2ccc(Br)s2)=C(N2CCCCC2)C(=O)c2ccccc21. The Kier molecular flexibility index (Phi) is 29.3. The number of nitrogens with one attached hydrogen (secondary N) is 2. The van der Waals surface area contributed by atoms with Crippen molar-refractivity contribution in [2.24, 2.45) is 0 Å². The Hall–Kier alpha value is -11.3. The summed E-state index contributed by atoms with van der Waals surface area (Å²) in [5.74, 6) is -3.68. The summed E-state index contributed by atoms with van der Waals surface area (Å²) >= 11 is 8.58. The minimum absolute atomic E-state index is 0.0636. The van der Waals surface area contributed by atoms with Crippen LogP contribution in [0.1, 0.15) is 182 Å². The van der Waals surface area contributed by atoms with Crippen LogP contribution in [0.5, 0.6) is 0 Å². The Morgan fingerprint density at radius 1 is 0.291 bits per heavy atom. The highest BCUT2D eigenvalue weighted by molar-refractivity contribution is 9.11. The van der Waals surface area contributed by atoms with Gasteiger partial charge in [-0.05, 0) is 128 Å². The number of likely N-dealkylation sites (tertiary alicyclic amines) is 3. The lowest BCUT2D eigenvalue weighted by atomic mass is 9.88. The molecule has 0 radical (unpaired) electrons. The molecule has 5 aromatic carbocycles. The van der Waals surface area contributed by atoms with Crippen LogP contribution in [0.15, 0.2) is 219 Å². The van der Waals surface area contributed by atoms with E-state index in [1.165, 1.54) is 47.6 Å². The van der Waals surface area contributed by atoms with Crippen molar-refractivity contribution in [3.8, 4) is 0 Å². The largest absolute Gasteiger partial charge is 0.367 e. The van der Waals surface area contributed by atoms with Crippen molar-refractivity contribution in [1.82, 2.24) is 58.4 Å². The van der Waals surface area contributed by atoms with E-state index in [4.69, 9.17) is 0 Å². The minimum Gasteiger partial charge on any atom is -0.367 e. The van der Waals surface area contributed by atoms with Gasteiger partial charge in [-0.1, -0.05) is 121 Å². The summed E-state index contributed by atoms with van der Waals surface area (Å²) in [6.07, 6.45) is 9.04. The molecule has 10 aliphatic rings. The molecule has 5 fully saturated rings. The van der Waals surface area contributed by atoms with Crippen molar-refractivity contribution < 1.29 is 79.2 Å². The molecule has 29 nitrogen and oxygen atoms in total. The van der Waals surface area contributed by atoms with E-state index in [9.17, 15) is 79.2 Å². The van der Waals surface area contributed by atoms with Crippen LogP contribution in [0.3, 0.4) is 0 Å². The predicted octanol–water partition coefficient (Wildman–Crippen LogP) is 11.4. The zero-order valence-corrected chi connectivity index (χ0v) is 77.9. The van der Waals surface area contributed by atoms with Crippen molar-refractivity contribution in [2.75, 3.05) is 127 Å². The van der Waals surface area contributed by atoms with Gasteiger partial charge in [-0.15, -0.1) is 22.7 Å². The lowest BCUT2D eigenvalue weighted by Gasteiger charge is -2.38. The van der Waals surface area contributed by atoms with Crippen LogP contribution < -0.4 is 9.44 Å². The van der Waals surface area contributed by atoms with Crippen LogP contribution in [0, 0.1) is 0 Å². The van der Waals surface area contributed by atoms with Gasteiger partial charge >= 0.3 is 0 Å². The van der Waals surface area contributed by atoms with E-state index in [-0.39, 0.29) is 123 Å². The summed E-state index contributed by atoms with van der Waals surface area (Å²) in [4.78, 5) is 184. The molecule has 664 valence electrons. The van der Waals surface area contributed by atoms with Gasteiger partial charge in [0.15, 0.2) is 0 Å². The van der Waals surface area contributed by atoms with E-state index < -0.39 is 31.6 Å². The lowest BCUT2D eigenvalue weighted by molar-refractivity contribution is -0.126. The molecule has 5 aliphatic carbocycles. The molecule has 5 saturated heterocycles. The Balaban J connectivity index is 0.000000136. The van der Waals surface area contributed by atoms with Crippen molar-refractivity contribution in [3.63, 3.8) is 0 Å². The van der Waals surface area contributed by atoms with E-state index in [0.29, 0.717) is 122 Å². The number of likely N-dealkylation sites (N-methyl/N-ethyl adjacent to an activating group) is 5. The van der Waals surface area contributed by atoms with Crippen molar-refractivity contribution in [1.29, 1.82) is 0 Å². The number of piperazine rings is 2. The first-order chi connectivity index (χ1) is 60.6. The number of piperidine rings is 3. The maximum absolute atomic E-state index is 13.3. The molecule has 127 heavy (non-hydrogen) atoms. The van der Waals surface area contributed by atoms with Crippen LogP contribution in [-0.4, -0.2) is 268 Å². The second kappa shape index (κ2) is 39.9. The highest BCUT2D eigenvalue weighted by atomic mass is 79.9. The number of hydrogen-bond acceptors (Lipinski definition) is 26. The van der Waals surface area contributed by atoms with Gasteiger partial charge in [-0.3, -0.25) is 71.8 Å². The van der Waals surface area contributed by atoms with Gasteiger partial charge in [0.2, 0.25) is 75.6 Å². The molecule has 35 heteroatoms. The fourth-order valence-electron chi connectivity index (χ4n) is 16.5. The summed E-state index contributed by atoms with van der Waals surface area (Å²) in [5, 5.41) is 0. The van der Waals surface area contributed by atoms with Crippen LogP contribution in [0.4, 0.5) is 0 Å². The Morgan fingerprint density at radius 2 is 0.496 bits per heavy atom. The van der Waals surface area contributed by atoms with Crippen molar-refractivity contribution in [3.05, 3.63) is 266 Å². The lowest BCUT2D eigenvalue weighted by Crippen LogP contribution is -2.48. The third-order valence-corrected chi connectivity index (χ3v) is 30.5. The Morgan fingerprint density at radius 3 is 0.724 bits per heavy atom. The Bertz CT molecular complexity index is 5970. The first-order valence-electron chi connectivity index (χ1n) is 41.7. The fourth-order valence-corrected chi connectivity index (χ4v) is 22.7. The molecule has 17 rings (SSSR count). The molecule has 5 aliphatic heterocycles. The number of Topliss-reactive ketones (excluding diaryl/α,β-unsaturated/α-hetero) is 10. The number of halogens is 2. The molecule has 0 spiro atoms. The van der Waals surface area contributed by atoms with Crippen LogP contribution in [0.25, 0.3) is 0 Å². The number of carbonyl (C=O) groups is 13. The second-order valence-corrected chi connectivity index (χ2v) is 40.6. The van der Waals surface area contributed by atoms with Crippen LogP contribution in [-0.2, 0) is 34.4 Å². The molecular weight excluding hydrogens is 1830 g/mol. The number of sulfonamides is 2. The topological polar surface area (TPSA) is 347 Å². The third-order valence-electron chi connectivity index (χ3n) is 23.6. The maximum atomic E-state index is 13.3. The predicted molar refractivity (Wildman–Crippen MR) is 485 cm³/mol. The monoisotopic (exact) mass is 1930 g/mol. The average molecular weight is 1930 g/mol. The number of allylic oxidation sites excluding steroid dienone is 10. The van der Waals surface area contributed by atoms with E-state index in [0.717, 1.165) is 120 Å². The normalized spacial score (nSPS) is 18.1. The van der Waals surface area contributed by atoms with Gasteiger partial charge in [0, 0.05) is 189 Å². The number of ketones is 10. The van der Waals surface area contributed by atoms with E-state index in [2.05, 4.69) is 51.1 Å². The standard InChI is InChI=1S/C19H18BrN3O4S2.C19H17BrN2O4S2.C18H21N3O3.2C18H20N2O3/c1-22-8-10-23(11-9-22)17-16(21-29(26,27)15-7-6-14(20)28-15)18(24)12-4-2-3-5-13(12)19(17)25;20-14-8-9-15(27-14)28(25,26)21-16-17(22-10-4-1-5-11-22)19(24)13-7-3-2-6-12(13)18(16)23;1-12(22)20(3)15-16(21-10-8-19(2)9-11-21)18(24)14-7-5-4-6-13(14)17(15)23;2*1-12(21)19(2)15-16(20-10-6-3-7-11-20)18(23)14-9-5-4-8-13(14)17(15)22/h2-7,21H,8-11H2,1H3;2-3,6-9,21H,1,4-5,10-11H2;4-7H,8-11H2,1-3H3;2*4-5,8-9H,3,6-7,10-11H2,1-2H3. The average Bonchev–Trinajstić information content (AvgIpc) is 1.50. The molecule has 2 N–H and O–H groups in total. The van der Waals surface area contributed by atoms with Gasteiger partial charge < -0.3 is 49.0 Å². The molecule has 0 bridgehead atoms. The van der Waals surface area contributed by atoms with Crippen LogP contribution >= 0.6 is 54.5 Å². The van der Waals surface area contributed by atoms with Crippen molar-refractivity contribution in [2.45, 2.75) is 87.0 Å². The second-order valence-electron chi connectivity index (χ2n) is 31.8. The highest BCUT2D eigenvalue weighted by Crippen LogP contribution is 2.39. The first kappa shape index (κ1) is 93.3. The van der Waals surface area contributed by atoms with Gasteiger partial charge in [0.25, 0.3) is 20.0 Å². The quantitative estimate of drug-likeness (QED) is 0.102. The number of fused-ring (bicyclic) bond motifs is 5. The number of benzene rings is 5. The third kappa shape index (κ3) is 19.7. The number of hydrogen-bond donors (Lipinski definition) is 2. The molecule has 2 aromatic heterocycles. The molecule has 0 unspecified atom stereocenters. The number of thiophene rings is 2. The summed E-state index contributed by atoms with van der Waals surface area (Å²) < 4.78 is 57.9. The summed E-state index contributed by atoms with van der Waals surface area (Å²) in [7, 11) is 0.667. The molecule has 0 saturated carbocycles. The molecule has 7 heterocycles. The summed E-state index contributed by atoms with van der Waals surface area (Å²) in [6.45, 7) is 13.8. The van der Waals surface area contributed by atoms with E-state index >= 15 is 0 Å². The van der Waals surface area contributed by atoms with Crippen LogP contribution in [0.2, 0.25) is 0 Å². The smallest absolute Gasteiger partial charge is 0.271 e. The first-order valence-corrected chi connectivity index (χ1v) is 47.8. The zero-order valence-electron chi connectivity index (χ0n) is 71.4. The van der Waals surface area contributed by atoms with Gasteiger partial charge in [-0.25, -0.2) is 16.8 Å². The summed E-state index contributed by atoms with van der Waals surface area (Å²) in [6, 6.07) is 39.7. The van der Waals surface area contributed by atoms with Gasteiger partial charge in [-0.2, -0.15) is 0 Å². The molecular formula is C92H96Br2N12O17S4.